The molecule has 0 fully saturated rings. The molecular weight excluding hydrogens is 266 g/mol. The third-order valence-electron chi connectivity index (χ3n) is 3.76. The van der Waals surface area contributed by atoms with Crippen LogP contribution in [0.1, 0.15) is 31.9 Å². The van der Waals surface area contributed by atoms with Crippen LogP contribution in [0.25, 0.3) is 11.3 Å². The number of methoxy groups -OCH3 is 1. The van der Waals surface area contributed by atoms with Gasteiger partial charge < -0.3 is 14.4 Å². The van der Waals surface area contributed by atoms with Gasteiger partial charge in [-0.15, -0.1) is 0 Å². The van der Waals surface area contributed by atoms with E-state index in [2.05, 4.69) is 0 Å². The maximum absolute atomic E-state index is 12.5. The minimum absolute atomic E-state index is 0.0604. The second kappa shape index (κ2) is 6.59. The summed E-state index contributed by atoms with van der Waals surface area (Å²) in [7, 11) is 1.62. The van der Waals surface area contributed by atoms with Gasteiger partial charge in [-0.1, -0.05) is 19.1 Å². The monoisotopic (exact) mass is 287 g/mol. The van der Waals surface area contributed by atoms with E-state index >= 15 is 0 Å². The Balaban J connectivity index is 2.67. The van der Waals surface area contributed by atoms with E-state index in [1.807, 2.05) is 44.2 Å². The van der Waals surface area contributed by atoms with E-state index in [9.17, 15) is 9.90 Å². The van der Waals surface area contributed by atoms with Crippen LogP contribution in [0.5, 0.6) is 5.75 Å². The van der Waals surface area contributed by atoms with E-state index in [1.54, 1.807) is 17.7 Å². The summed E-state index contributed by atoms with van der Waals surface area (Å²) < 4.78 is 7.00. The SMILES string of the molecule is CCC(C)n1c(-c2cccc(OC)c2)ccc(CO)c1=O. The van der Waals surface area contributed by atoms with Crippen LogP contribution in [0, 0.1) is 0 Å². The number of pyridine rings is 1. The van der Waals surface area contributed by atoms with Gasteiger partial charge in [0.1, 0.15) is 5.75 Å². The normalized spacial score (nSPS) is 12.2. The van der Waals surface area contributed by atoms with Crippen LogP contribution in [0.2, 0.25) is 0 Å². The first-order chi connectivity index (χ1) is 10.1. The maximum Gasteiger partial charge on any atom is 0.256 e. The zero-order valence-corrected chi connectivity index (χ0v) is 12.7. The number of hydrogen-bond acceptors (Lipinski definition) is 3. The summed E-state index contributed by atoms with van der Waals surface area (Å²) >= 11 is 0. The fraction of sp³-hybridized carbons (Fsp3) is 0.353. The maximum atomic E-state index is 12.5. The summed E-state index contributed by atoms with van der Waals surface area (Å²) in [5, 5.41) is 9.31. The summed E-state index contributed by atoms with van der Waals surface area (Å²) in [6.07, 6.45) is 0.839. The third kappa shape index (κ3) is 3.00. The molecule has 1 unspecified atom stereocenters. The zero-order chi connectivity index (χ0) is 15.4. The lowest BCUT2D eigenvalue weighted by molar-refractivity contribution is 0.278. The van der Waals surface area contributed by atoms with Crippen LogP contribution in [0.15, 0.2) is 41.2 Å². The van der Waals surface area contributed by atoms with Crippen molar-refractivity contribution in [1.29, 1.82) is 0 Å². The number of aliphatic hydroxyl groups excluding tert-OH is 1. The summed E-state index contributed by atoms with van der Waals surface area (Å²) in [4.78, 5) is 12.5. The highest BCUT2D eigenvalue weighted by Crippen LogP contribution is 2.26. The smallest absolute Gasteiger partial charge is 0.256 e. The molecule has 2 aromatic rings. The minimum Gasteiger partial charge on any atom is -0.497 e. The highest BCUT2D eigenvalue weighted by atomic mass is 16.5. The average Bonchev–Trinajstić information content (AvgIpc) is 2.53. The van der Waals surface area contributed by atoms with E-state index in [0.717, 1.165) is 23.4 Å². The Morgan fingerprint density at radius 1 is 1.29 bits per heavy atom. The molecule has 4 nitrogen and oxygen atoms in total. The van der Waals surface area contributed by atoms with Gasteiger partial charge in [-0.25, -0.2) is 0 Å². The molecule has 1 N–H and O–H groups in total. The predicted octanol–water partition coefficient (Wildman–Crippen LogP) is 2.99. The number of benzene rings is 1. The lowest BCUT2D eigenvalue weighted by Crippen LogP contribution is -2.27. The average molecular weight is 287 g/mol. The molecule has 0 spiro atoms. The van der Waals surface area contributed by atoms with Crippen molar-refractivity contribution in [2.45, 2.75) is 32.9 Å². The second-order valence-corrected chi connectivity index (χ2v) is 5.07. The van der Waals surface area contributed by atoms with E-state index < -0.39 is 0 Å². The molecule has 1 aromatic heterocycles. The summed E-state index contributed by atoms with van der Waals surface area (Å²) in [6, 6.07) is 11.3. The molecule has 0 aliphatic heterocycles. The van der Waals surface area contributed by atoms with E-state index in [4.69, 9.17) is 4.74 Å². The molecule has 1 atom stereocenters. The summed E-state index contributed by atoms with van der Waals surface area (Å²) in [5.74, 6) is 0.752. The van der Waals surface area contributed by atoms with Gasteiger partial charge in [-0.05, 0) is 37.6 Å². The summed E-state index contributed by atoms with van der Waals surface area (Å²) in [5.41, 5.74) is 2.05. The van der Waals surface area contributed by atoms with Crippen LogP contribution in [-0.4, -0.2) is 16.8 Å². The zero-order valence-electron chi connectivity index (χ0n) is 12.7. The summed E-state index contributed by atoms with van der Waals surface area (Å²) in [6.45, 7) is 3.80. The Morgan fingerprint density at radius 3 is 2.67 bits per heavy atom. The first kappa shape index (κ1) is 15.3. The van der Waals surface area contributed by atoms with E-state index in [-0.39, 0.29) is 18.2 Å². The first-order valence-corrected chi connectivity index (χ1v) is 7.12. The Kier molecular flexibility index (Phi) is 4.81. The van der Waals surface area contributed by atoms with Crippen LogP contribution in [0.3, 0.4) is 0 Å². The molecule has 21 heavy (non-hydrogen) atoms. The molecular formula is C17H21NO3. The van der Waals surface area contributed by atoms with Gasteiger partial charge in [0, 0.05) is 17.2 Å². The number of aromatic nitrogens is 1. The van der Waals surface area contributed by atoms with Crippen LogP contribution >= 0.6 is 0 Å². The number of ether oxygens (including phenoxy) is 1. The molecule has 0 amide bonds. The Morgan fingerprint density at radius 2 is 2.05 bits per heavy atom. The largest absolute Gasteiger partial charge is 0.497 e. The lowest BCUT2D eigenvalue weighted by atomic mass is 10.1. The van der Waals surface area contributed by atoms with Crippen molar-refractivity contribution in [3.8, 4) is 17.0 Å². The van der Waals surface area contributed by atoms with Crippen molar-refractivity contribution in [3.63, 3.8) is 0 Å². The Labute approximate surface area is 124 Å². The van der Waals surface area contributed by atoms with Gasteiger partial charge in [0.2, 0.25) is 0 Å². The topological polar surface area (TPSA) is 51.5 Å². The predicted molar refractivity (Wildman–Crippen MR) is 83.6 cm³/mol. The van der Waals surface area contributed by atoms with Crippen molar-refractivity contribution in [3.05, 3.63) is 52.3 Å². The van der Waals surface area contributed by atoms with E-state index in [0.29, 0.717) is 5.56 Å². The number of hydrogen-bond donors (Lipinski definition) is 1. The molecule has 1 aromatic carbocycles. The molecule has 1 heterocycles. The lowest BCUT2D eigenvalue weighted by Gasteiger charge is -2.20. The van der Waals surface area contributed by atoms with Crippen molar-refractivity contribution >= 4 is 0 Å². The van der Waals surface area contributed by atoms with Crippen LogP contribution < -0.4 is 10.3 Å². The van der Waals surface area contributed by atoms with E-state index in [1.165, 1.54) is 0 Å². The van der Waals surface area contributed by atoms with Gasteiger partial charge in [-0.2, -0.15) is 0 Å². The number of rotatable bonds is 5. The van der Waals surface area contributed by atoms with Gasteiger partial charge in [0.25, 0.3) is 5.56 Å². The van der Waals surface area contributed by atoms with Crippen molar-refractivity contribution in [2.75, 3.05) is 7.11 Å². The minimum atomic E-state index is -0.242. The van der Waals surface area contributed by atoms with Crippen molar-refractivity contribution in [2.24, 2.45) is 0 Å². The molecule has 2 rings (SSSR count). The second-order valence-electron chi connectivity index (χ2n) is 5.07. The first-order valence-electron chi connectivity index (χ1n) is 7.12. The van der Waals surface area contributed by atoms with Crippen LogP contribution in [-0.2, 0) is 6.61 Å². The fourth-order valence-electron chi connectivity index (χ4n) is 2.35. The quantitative estimate of drug-likeness (QED) is 0.919. The molecule has 0 saturated carbocycles. The van der Waals surface area contributed by atoms with Crippen molar-refractivity contribution in [1.82, 2.24) is 4.57 Å². The highest BCUT2D eigenvalue weighted by Gasteiger charge is 2.14. The van der Waals surface area contributed by atoms with Gasteiger partial charge >= 0.3 is 0 Å². The molecule has 0 aliphatic carbocycles. The van der Waals surface area contributed by atoms with Crippen LogP contribution in [0.4, 0.5) is 0 Å². The Hall–Kier alpha value is -2.07. The fourth-order valence-corrected chi connectivity index (χ4v) is 2.35. The number of aliphatic hydroxyl groups is 1. The Bertz CT molecular complexity index is 676. The van der Waals surface area contributed by atoms with Gasteiger partial charge in [0.05, 0.1) is 19.4 Å². The molecule has 0 radical (unpaired) electrons. The number of nitrogens with zero attached hydrogens (tertiary/aromatic N) is 1. The third-order valence-corrected chi connectivity index (χ3v) is 3.76. The van der Waals surface area contributed by atoms with Gasteiger partial charge in [0.15, 0.2) is 0 Å². The molecule has 0 bridgehead atoms. The van der Waals surface area contributed by atoms with Crippen molar-refractivity contribution < 1.29 is 9.84 Å². The highest BCUT2D eigenvalue weighted by molar-refractivity contribution is 5.62. The van der Waals surface area contributed by atoms with Gasteiger partial charge in [-0.3, -0.25) is 4.79 Å². The molecule has 0 saturated heterocycles. The molecule has 112 valence electrons. The molecule has 0 aliphatic rings. The molecule has 4 heteroatoms. The standard InChI is InChI=1S/C17H21NO3/c1-4-12(2)18-16(9-8-14(11-19)17(18)20)13-6-5-7-15(10-13)21-3/h5-10,12,19H,4,11H2,1-3H3.